The minimum atomic E-state index is 1.09. The average molecular weight is 253 g/mol. The van der Waals surface area contributed by atoms with Crippen molar-refractivity contribution in [1.82, 2.24) is 0 Å². The summed E-state index contributed by atoms with van der Waals surface area (Å²) in [5.74, 6) is 0. The van der Waals surface area contributed by atoms with Gasteiger partial charge in [-0.25, -0.2) is 0 Å². The largest absolute Gasteiger partial charge is 0.193 e. The highest BCUT2D eigenvalue weighted by molar-refractivity contribution is 6.24. The normalized spacial score (nSPS) is 11.8. The summed E-state index contributed by atoms with van der Waals surface area (Å²) in [7, 11) is 0. The first-order valence-corrected chi connectivity index (χ1v) is 6.61. The maximum atomic E-state index is 8.73. The molecule has 0 aliphatic carbocycles. The molecule has 0 spiro atoms. The van der Waals surface area contributed by atoms with Crippen molar-refractivity contribution in [2.75, 3.05) is 0 Å². The van der Waals surface area contributed by atoms with Crippen LogP contribution in [-0.4, -0.2) is 0 Å². The van der Waals surface area contributed by atoms with Crippen LogP contribution in [0.1, 0.15) is 5.56 Å². The highest BCUT2D eigenvalue weighted by Crippen LogP contribution is 2.36. The Morgan fingerprint density at radius 1 is 0.750 bits per heavy atom. The molecule has 0 heterocycles. The first-order valence-electron chi connectivity index (χ1n) is 6.61. The van der Waals surface area contributed by atoms with Crippen molar-refractivity contribution in [3.8, 4) is 6.07 Å². The van der Waals surface area contributed by atoms with E-state index in [4.69, 9.17) is 5.26 Å². The van der Waals surface area contributed by atoms with Crippen LogP contribution in [0.2, 0.25) is 0 Å². The Bertz CT molecular complexity index is 987. The van der Waals surface area contributed by atoms with Crippen molar-refractivity contribution in [3.63, 3.8) is 0 Å². The quantitative estimate of drug-likeness (QED) is 0.341. The molecule has 0 radical (unpaired) electrons. The second-order valence-electron chi connectivity index (χ2n) is 4.97. The molecule has 0 unspecified atom stereocenters. The monoisotopic (exact) mass is 253 g/mol. The molecular formula is C19H11N. The standard InChI is InChI=1S/C19H11N/c20-12-2-5-13-6-7-16-9-8-14-3-1-4-15-10-11-17(13)19(16)18(14)15/h1-11H/b5-2+. The summed E-state index contributed by atoms with van der Waals surface area (Å²) in [6.45, 7) is 0. The average Bonchev–Trinajstić information content (AvgIpc) is 2.51. The van der Waals surface area contributed by atoms with E-state index in [9.17, 15) is 0 Å². The molecule has 0 amide bonds. The summed E-state index contributed by atoms with van der Waals surface area (Å²) >= 11 is 0. The molecule has 0 N–H and O–H groups in total. The Balaban J connectivity index is 2.26. The Hall–Kier alpha value is -2.85. The van der Waals surface area contributed by atoms with Crippen LogP contribution in [0.4, 0.5) is 0 Å². The van der Waals surface area contributed by atoms with E-state index in [0.29, 0.717) is 0 Å². The van der Waals surface area contributed by atoms with E-state index in [-0.39, 0.29) is 0 Å². The Morgan fingerprint density at radius 2 is 1.40 bits per heavy atom. The van der Waals surface area contributed by atoms with Gasteiger partial charge in [-0.2, -0.15) is 5.26 Å². The van der Waals surface area contributed by atoms with Gasteiger partial charge in [0, 0.05) is 6.08 Å². The SMILES string of the molecule is N#C/C=C/c1ccc2ccc3cccc4ccc1c2c34. The molecule has 0 aliphatic heterocycles. The highest BCUT2D eigenvalue weighted by atomic mass is 14.2. The molecule has 0 fully saturated rings. The molecule has 0 atom stereocenters. The lowest BCUT2D eigenvalue weighted by atomic mass is 9.92. The third-order valence-corrected chi connectivity index (χ3v) is 3.90. The third kappa shape index (κ3) is 1.42. The van der Waals surface area contributed by atoms with Gasteiger partial charge in [0.05, 0.1) is 6.07 Å². The molecule has 0 saturated heterocycles. The smallest absolute Gasteiger partial charge is 0.0912 e. The number of allylic oxidation sites excluding steroid dienone is 1. The first kappa shape index (κ1) is 11.0. The summed E-state index contributed by atoms with van der Waals surface area (Å²) in [6.07, 6.45) is 3.41. The van der Waals surface area contributed by atoms with Gasteiger partial charge in [0.15, 0.2) is 0 Å². The predicted molar refractivity (Wildman–Crippen MR) is 84.8 cm³/mol. The van der Waals surface area contributed by atoms with Gasteiger partial charge in [-0.05, 0) is 44.0 Å². The predicted octanol–water partition coefficient (Wildman–Crippen LogP) is 5.12. The third-order valence-electron chi connectivity index (χ3n) is 3.90. The molecule has 20 heavy (non-hydrogen) atoms. The van der Waals surface area contributed by atoms with E-state index in [1.54, 1.807) is 0 Å². The maximum absolute atomic E-state index is 8.73. The number of hydrogen-bond donors (Lipinski definition) is 0. The lowest BCUT2D eigenvalue weighted by Gasteiger charge is -2.12. The van der Waals surface area contributed by atoms with Crippen LogP contribution in [0.15, 0.2) is 60.7 Å². The zero-order chi connectivity index (χ0) is 13.5. The molecule has 1 nitrogen and oxygen atoms in total. The van der Waals surface area contributed by atoms with Gasteiger partial charge in [-0.1, -0.05) is 54.6 Å². The van der Waals surface area contributed by atoms with Crippen molar-refractivity contribution >= 4 is 38.4 Å². The van der Waals surface area contributed by atoms with Crippen LogP contribution in [0.25, 0.3) is 38.4 Å². The fraction of sp³-hybridized carbons (Fsp3) is 0. The number of hydrogen-bond acceptors (Lipinski definition) is 1. The summed E-state index contributed by atoms with van der Waals surface area (Å²) in [5.41, 5.74) is 1.09. The lowest BCUT2D eigenvalue weighted by Crippen LogP contribution is -1.85. The van der Waals surface area contributed by atoms with E-state index in [1.165, 1.54) is 38.4 Å². The van der Waals surface area contributed by atoms with Crippen molar-refractivity contribution in [3.05, 3.63) is 66.2 Å². The van der Waals surface area contributed by atoms with E-state index >= 15 is 0 Å². The van der Waals surface area contributed by atoms with E-state index in [1.807, 2.05) is 6.08 Å². The molecule has 0 saturated carbocycles. The van der Waals surface area contributed by atoms with Crippen LogP contribution in [0.3, 0.4) is 0 Å². The number of rotatable bonds is 1. The van der Waals surface area contributed by atoms with Gasteiger partial charge in [0.25, 0.3) is 0 Å². The second-order valence-corrected chi connectivity index (χ2v) is 4.97. The van der Waals surface area contributed by atoms with Gasteiger partial charge in [-0.3, -0.25) is 0 Å². The zero-order valence-electron chi connectivity index (χ0n) is 10.8. The highest BCUT2D eigenvalue weighted by Gasteiger charge is 2.09. The molecule has 92 valence electrons. The van der Waals surface area contributed by atoms with Crippen LogP contribution in [0.5, 0.6) is 0 Å². The lowest BCUT2D eigenvalue weighted by molar-refractivity contribution is 1.54. The van der Waals surface area contributed by atoms with Crippen molar-refractivity contribution in [1.29, 1.82) is 5.26 Å². The topological polar surface area (TPSA) is 23.8 Å². The van der Waals surface area contributed by atoms with Crippen molar-refractivity contribution in [2.45, 2.75) is 0 Å². The zero-order valence-corrected chi connectivity index (χ0v) is 10.8. The van der Waals surface area contributed by atoms with Gasteiger partial charge in [0.2, 0.25) is 0 Å². The Labute approximate surface area is 116 Å². The van der Waals surface area contributed by atoms with E-state index in [0.717, 1.165) is 5.56 Å². The minimum absolute atomic E-state index is 1.09. The molecule has 4 aromatic rings. The molecule has 0 bridgehead atoms. The number of nitriles is 1. The fourth-order valence-electron chi connectivity index (χ4n) is 3.03. The van der Waals surface area contributed by atoms with Crippen molar-refractivity contribution < 1.29 is 0 Å². The van der Waals surface area contributed by atoms with Crippen molar-refractivity contribution in [2.24, 2.45) is 0 Å². The minimum Gasteiger partial charge on any atom is -0.193 e. The van der Waals surface area contributed by atoms with Crippen LogP contribution in [0, 0.1) is 11.3 Å². The van der Waals surface area contributed by atoms with Crippen LogP contribution in [-0.2, 0) is 0 Å². The van der Waals surface area contributed by atoms with Gasteiger partial charge >= 0.3 is 0 Å². The van der Waals surface area contributed by atoms with Crippen LogP contribution >= 0.6 is 0 Å². The van der Waals surface area contributed by atoms with E-state index < -0.39 is 0 Å². The summed E-state index contributed by atoms with van der Waals surface area (Å²) in [6, 6.07) is 21.3. The molecule has 1 heteroatoms. The summed E-state index contributed by atoms with van der Waals surface area (Å²) in [4.78, 5) is 0. The fourth-order valence-corrected chi connectivity index (χ4v) is 3.03. The summed E-state index contributed by atoms with van der Waals surface area (Å²) < 4.78 is 0. The Kier molecular flexibility index (Phi) is 2.25. The van der Waals surface area contributed by atoms with Gasteiger partial charge < -0.3 is 0 Å². The van der Waals surface area contributed by atoms with Gasteiger partial charge in [0.1, 0.15) is 0 Å². The summed E-state index contributed by atoms with van der Waals surface area (Å²) in [5, 5.41) is 16.3. The van der Waals surface area contributed by atoms with E-state index in [2.05, 4.69) is 60.7 Å². The molecule has 0 aliphatic rings. The Morgan fingerprint density at radius 3 is 2.15 bits per heavy atom. The molecule has 4 aromatic carbocycles. The number of nitrogens with zero attached hydrogens (tertiary/aromatic N) is 1. The first-order chi connectivity index (χ1) is 9.88. The van der Waals surface area contributed by atoms with Gasteiger partial charge in [-0.15, -0.1) is 0 Å². The number of benzene rings is 4. The molecule has 0 aromatic heterocycles. The maximum Gasteiger partial charge on any atom is 0.0912 e. The van der Waals surface area contributed by atoms with Crippen LogP contribution < -0.4 is 0 Å². The molecule has 4 rings (SSSR count). The molecular weight excluding hydrogens is 242 g/mol. The second kappa shape index (κ2) is 4.08.